The second kappa shape index (κ2) is 6.86. The van der Waals surface area contributed by atoms with Crippen molar-refractivity contribution in [2.75, 3.05) is 12.3 Å². The summed E-state index contributed by atoms with van der Waals surface area (Å²) in [5.41, 5.74) is 0. The second-order valence-corrected chi connectivity index (χ2v) is 6.56. The molecule has 0 amide bonds. The second-order valence-electron chi connectivity index (χ2n) is 3.88. The zero-order valence-electron chi connectivity index (χ0n) is 9.79. The van der Waals surface area contributed by atoms with E-state index >= 15 is 0 Å². The highest BCUT2D eigenvalue weighted by Gasteiger charge is 2.15. The van der Waals surface area contributed by atoms with Crippen molar-refractivity contribution in [2.24, 2.45) is 0 Å². The lowest BCUT2D eigenvalue weighted by Gasteiger charge is -2.14. The van der Waals surface area contributed by atoms with Gasteiger partial charge in [0.2, 0.25) is 0 Å². The fourth-order valence-electron chi connectivity index (χ4n) is 1.14. The van der Waals surface area contributed by atoms with Crippen LogP contribution in [-0.2, 0) is 9.84 Å². The SMILES string of the molecule is C#CCC(CC)NCCS(=O)(=O)C(C)C. The maximum absolute atomic E-state index is 11.5. The molecule has 0 aliphatic rings. The Bertz CT molecular complexity index is 301. The predicted molar refractivity (Wildman–Crippen MR) is 64.5 cm³/mol. The lowest BCUT2D eigenvalue weighted by Crippen LogP contribution is -2.34. The Labute approximate surface area is 93.6 Å². The van der Waals surface area contributed by atoms with E-state index in [1.807, 2.05) is 6.92 Å². The zero-order chi connectivity index (χ0) is 11.9. The number of terminal acetylenes is 1. The molecule has 0 aromatic rings. The van der Waals surface area contributed by atoms with Gasteiger partial charge in [-0.15, -0.1) is 12.3 Å². The Morgan fingerprint density at radius 2 is 2.00 bits per heavy atom. The van der Waals surface area contributed by atoms with Gasteiger partial charge in [-0.05, 0) is 20.3 Å². The Balaban J connectivity index is 3.94. The minimum absolute atomic E-state index is 0.186. The third-order valence-electron chi connectivity index (χ3n) is 2.39. The zero-order valence-corrected chi connectivity index (χ0v) is 10.6. The summed E-state index contributed by atoms with van der Waals surface area (Å²) in [6.07, 6.45) is 6.78. The largest absolute Gasteiger partial charge is 0.312 e. The van der Waals surface area contributed by atoms with Crippen LogP contribution in [-0.4, -0.2) is 32.0 Å². The molecule has 0 heterocycles. The molecule has 1 unspecified atom stereocenters. The molecule has 0 rings (SSSR count). The van der Waals surface area contributed by atoms with E-state index in [1.54, 1.807) is 13.8 Å². The van der Waals surface area contributed by atoms with Crippen molar-refractivity contribution in [2.45, 2.75) is 44.9 Å². The summed E-state index contributed by atoms with van der Waals surface area (Å²) in [4.78, 5) is 0. The van der Waals surface area contributed by atoms with Gasteiger partial charge >= 0.3 is 0 Å². The molecule has 0 fully saturated rings. The van der Waals surface area contributed by atoms with Gasteiger partial charge < -0.3 is 5.32 Å². The van der Waals surface area contributed by atoms with Crippen molar-refractivity contribution in [3.8, 4) is 12.3 Å². The Kier molecular flexibility index (Phi) is 6.62. The number of nitrogens with one attached hydrogen (secondary N) is 1. The summed E-state index contributed by atoms with van der Waals surface area (Å²) in [7, 11) is -2.93. The van der Waals surface area contributed by atoms with Crippen LogP contribution in [0, 0.1) is 12.3 Å². The van der Waals surface area contributed by atoms with Crippen LogP contribution in [0.1, 0.15) is 33.6 Å². The molecule has 1 atom stereocenters. The smallest absolute Gasteiger partial charge is 0.153 e. The van der Waals surface area contributed by atoms with E-state index in [9.17, 15) is 8.42 Å². The highest BCUT2D eigenvalue weighted by Crippen LogP contribution is 2.01. The van der Waals surface area contributed by atoms with Crippen LogP contribution in [0.3, 0.4) is 0 Å². The van der Waals surface area contributed by atoms with Crippen molar-refractivity contribution < 1.29 is 8.42 Å². The molecule has 0 aromatic carbocycles. The van der Waals surface area contributed by atoms with Crippen LogP contribution in [0.4, 0.5) is 0 Å². The van der Waals surface area contributed by atoms with E-state index < -0.39 is 9.84 Å². The Morgan fingerprint density at radius 1 is 1.40 bits per heavy atom. The lowest BCUT2D eigenvalue weighted by atomic mass is 10.1. The van der Waals surface area contributed by atoms with Crippen molar-refractivity contribution in [1.82, 2.24) is 5.32 Å². The molecule has 88 valence electrons. The Hall–Kier alpha value is -0.530. The predicted octanol–water partition coefficient (Wildman–Crippen LogP) is 1.20. The van der Waals surface area contributed by atoms with Gasteiger partial charge in [0.05, 0.1) is 11.0 Å². The molecule has 4 heteroatoms. The first kappa shape index (κ1) is 14.5. The third kappa shape index (κ3) is 5.81. The van der Waals surface area contributed by atoms with Crippen LogP contribution in [0.2, 0.25) is 0 Å². The first-order valence-corrected chi connectivity index (χ1v) is 7.04. The number of hydrogen-bond donors (Lipinski definition) is 1. The van der Waals surface area contributed by atoms with Crippen LogP contribution < -0.4 is 5.32 Å². The van der Waals surface area contributed by atoms with Gasteiger partial charge in [0.15, 0.2) is 9.84 Å². The standard InChI is InChI=1S/C11H21NO2S/c1-5-7-11(6-2)12-8-9-15(13,14)10(3)4/h1,10-12H,6-9H2,2-4H3. The van der Waals surface area contributed by atoms with Gasteiger partial charge in [0.1, 0.15) is 0 Å². The third-order valence-corrected chi connectivity index (χ3v) is 4.60. The molecule has 3 nitrogen and oxygen atoms in total. The van der Waals surface area contributed by atoms with Gasteiger partial charge in [-0.25, -0.2) is 8.42 Å². The average molecular weight is 231 g/mol. The van der Waals surface area contributed by atoms with Gasteiger partial charge in [0.25, 0.3) is 0 Å². The molecule has 15 heavy (non-hydrogen) atoms. The highest BCUT2D eigenvalue weighted by atomic mass is 32.2. The molecule has 1 N–H and O–H groups in total. The van der Waals surface area contributed by atoms with Crippen molar-refractivity contribution >= 4 is 9.84 Å². The molecule has 0 saturated heterocycles. The van der Waals surface area contributed by atoms with Crippen LogP contribution in [0.15, 0.2) is 0 Å². The fourth-order valence-corrected chi connectivity index (χ4v) is 2.02. The van der Waals surface area contributed by atoms with E-state index in [2.05, 4.69) is 11.2 Å². The molecular formula is C11H21NO2S. The van der Waals surface area contributed by atoms with Crippen molar-refractivity contribution in [3.63, 3.8) is 0 Å². The summed E-state index contributed by atoms with van der Waals surface area (Å²) >= 11 is 0. The molecule has 0 spiro atoms. The van der Waals surface area contributed by atoms with Crippen LogP contribution in [0.5, 0.6) is 0 Å². The summed E-state index contributed by atoms with van der Waals surface area (Å²) in [5, 5.41) is 2.86. The summed E-state index contributed by atoms with van der Waals surface area (Å²) in [5.74, 6) is 2.76. The number of sulfone groups is 1. The van der Waals surface area contributed by atoms with E-state index in [1.165, 1.54) is 0 Å². The topological polar surface area (TPSA) is 46.2 Å². The molecule has 0 bridgehead atoms. The van der Waals surface area contributed by atoms with E-state index in [-0.39, 0.29) is 17.0 Å². The molecule has 0 aliphatic heterocycles. The molecule has 0 aromatic heterocycles. The number of hydrogen-bond acceptors (Lipinski definition) is 3. The van der Waals surface area contributed by atoms with E-state index in [0.717, 1.165) is 6.42 Å². The summed E-state index contributed by atoms with van der Waals surface area (Å²) < 4.78 is 23.0. The fraction of sp³-hybridized carbons (Fsp3) is 0.818. The summed E-state index contributed by atoms with van der Waals surface area (Å²) in [6.45, 7) is 5.93. The summed E-state index contributed by atoms with van der Waals surface area (Å²) in [6, 6.07) is 0.234. The first-order valence-electron chi connectivity index (χ1n) is 5.32. The molecule has 0 aliphatic carbocycles. The van der Waals surface area contributed by atoms with Gasteiger partial charge in [-0.1, -0.05) is 6.92 Å². The van der Waals surface area contributed by atoms with E-state index in [0.29, 0.717) is 13.0 Å². The molecule has 0 radical (unpaired) electrons. The first-order chi connectivity index (χ1) is 6.94. The minimum Gasteiger partial charge on any atom is -0.312 e. The van der Waals surface area contributed by atoms with Crippen LogP contribution in [0.25, 0.3) is 0 Å². The number of rotatable bonds is 7. The highest BCUT2D eigenvalue weighted by molar-refractivity contribution is 7.92. The van der Waals surface area contributed by atoms with Gasteiger partial charge in [-0.3, -0.25) is 0 Å². The van der Waals surface area contributed by atoms with Gasteiger partial charge in [0, 0.05) is 19.0 Å². The van der Waals surface area contributed by atoms with Crippen molar-refractivity contribution in [1.29, 1.82) is 0 Å². The monoisotopic (exact) mass is 231 g/mol. The maximum atomic E-state index is 11.5. The normalized spacial score (nSPS) is 13.8. The maximum Gasteiger partial charge on any atom is 0.153 e. The van der Waals surface area contributed by atoms with E-state index in [4.69, 9.17) is 6.42 Å². The lowest BCUT2D eigenvalue weighted by molar-refractivity contribution is 0.518. The minimum atomic E-state index is -2.93. The van der Waals surface area contributed by atoms with Crippen LogP contribution >= 0.6 is 0 Å². The Morgan fingerprint density at radius 3 is 2.40 bits per heavy atom. The molecule has 0 saturated carbocycles. The molecular weight excluding hydrogens is 210 g/mol. The quantitative estimate of drug-likeness (QED) is 0.670. The van der Waals surface area contributed by atoms with Crippen molar-refractivity contribution in [3.05, 3.63) is 0 Å². The van der Waals surface area contributed by atoms with Gasteiger partial charge in [-0.2, -0.15) is 0 Å². The average Bonchev–Trinajstić information content (AvgIpc) is 2.16.